The number of benzene rings is 1. The molecule has 0 saturated heterocycles. The minimum absolute atomic E-state index is 0.123. The van der Waals surface area contributed by atoms with Gasteiger partial charge in [0.1, 0.15) is 0 Å². The van der Waals surface area contributed by atoms with Gasteiger partial charge in [0.15, 0.2) is 11.5 Å². The molecular weight excluding hydrogens is 230 g/mol. The van der Waals surface area contributed by atoms with Crippen LogP contribution in [0.15, 0.2) is 22.3 Å². The topological polar surface area (TPSA) is 101 Å². The Morgan fingerprint density at radius 3 is 2.62 bits per heavy atom. The van der Waals surface area contributed by atoms with Crippen molar-refractivity contribution in [1.29, 1.82) is 0 Å². The molecule has 6 heteroatoms. The summed E-state index contributed by atoms with van der Waals surface area (Å²) in [6, 6.07) is 2.53. The SMILES string of the molecule is NC(=O)c1csc2c(O)c(O)ccc2c1=O. The maximum Gasteiger partial charge on any atom is 0.253 e. The van der Waals surface area contributed by atoms with Crippen LogP contribution in [0.5, 0.6) is 11.5 Å². The Balaban J connectivity index is 2.93. The first-order valence-electron chi connectivity index (χ1n) is 4.28. The Kier molecular flexibility index (Phi) is 2.28. The number of fused-ring (bicyclic) bond motifs is 1. The van der Waals surface area contributed by atoms with Crippen molar-refractivity contribution < 1.29 is 15.0 Å². The van der Waals surface area contributed by atoms with E-state index in [1.165, 1.54) is 17.5 Å². The maximum absolute atomic E-state index is 11.7. The standard InChI is InChI=1S/C10H7NO4S/c11-10(15)5-3-16-9-4(7(5)13)1-2-6(12)8(9)14/h1-3,12,14H,(H2,11,15). The fraction of sp³-hybridized carbons (Fsp3) is 0. The van der Waals surface area contributed by atoms with Crippen LogP contribution in [0.25, 0.3) is 10.1 Å². The quantitative estimate of drug-likeness (QED) is 0.638. The van der Waals surface area contributed by atoms with Gasteiger partial charge in [-0.05, 0) is 12.1 Å². The number of nitrogens with two attached hydrogens (primary N) is 1. The number of carbonyl (C=O) groups excluding carboxylic acids is 1. The van der Waals surface area contributed by atoms with E-state index in [0.717, 1.165) is 11.3 Å². The van der Waals surface area contributed by atoms with Crippen LogP contribution in [0.2, 0.25) is 0 Å². The van der Waals surface area contributed by atoms with Crippen LogP contribution in [0.4, 0.5) is 0 Å². The van der Waals surface area contributed by atoms with Crippen LogP contribution in [0.3, 0.4) is 0 Å². The molecule has 82 valence electrons. The highest BCUT2D eigenvalue weighted by molar-refractivity contribution is 7.17. The van der Waals surface area contributed by atoms with Crippen molar-refractivity contribution in [2.45, 2.75) is 0 Å². The predicted molar refractivity (Wildman–Crippen MR) is 59.9 cm³/mol. The summed E-state index contributed by atoms with van der Waals surface area (Å²) in [6.45, 7) is 0. The molecule has 0 bridgehead atoms. The highest BCUT2D eigenvalue weighted by atomic mass is 32.1. The Hall–Kier alpha value is -2.08. The second-order valence-corrected chi connectivity index (χ2v) is 4.03. The summed E-state index contributed by atoms with van der Waals surface area (Å²) in [5, 5.41) is 20.2. The fourth-order valence-electron chi connectivity index (χ4n) is 1.35. The second-order valence-electron chi connectivity index (χ2n) is 3.15. The molecule has 1 aromatic heterocycles. The molecule has 16 heavy (non-hydrogen) atoms. The van der Waals surface area contributed by atoms with Crippen molar-refractivity contribution in [2.24, 2.45) is 5.73 Å². The van der Waals surface area contributed by atoms with Gasteiger partial charge in [0.25, 0.3) is 5.91 Å². The van der Waals surface area contributed by atoms with Gasteiger partial charge in [-0.2, -0.15) is 0 Å². The third-order valence-corrected chi connectivity index (χ3v) is 3.16. The molecule has 0 spiro atoms. The smallest absolute Gasteiger partial charge is 0.253 e. The molecule has 0 aliphatic heterocycles. The summed E-state index contributed by atoms with van der Waals surface area (Å²) in [5.74, 6) is -1.48. The molecule has 0 fully saturated rings. The lowest BCUT2D eigenvalue weighted by Crippen LogP contribution is -2.20. The summed E-state index contributed by atoms with van der Waals surface area (Å²) in [7, 11) is 0. The number of phenolic OH excluding ortho intramolecular Hbond substituents is 2. The van der Waals surface area contributed by atoms with Crippen LogP contribution in [0.1, 0.15) is 10.4 Å². The molecule has 0 unspecified atom stereocenters. The van der Waals surface area contributed by atoms with E-state index in [1.807, 2.05) is 0 Å². The number of amides is 1. The van der Waals surface area contributed by atoms with Gasteiger partial charge in [0.2, 0.25) is 5.43 Å². The number of aromatic hydroxyl groups is 2. The van der Waals surface area contributed by atoms with Crippen molar-refractivity contribution in [1.82, 2.24) is 0 Å². The van der Waals surface area contributed by atoms with Gasteiger partial charge in [0.05, 0.1) is 10.3 Å². The summed E-state index contributed by atoms with van der Waals surface area (Å²) in [5.41, 5.74) is 4.36. The number of primary amides is 1. The predicted octanol–water partition coefficient (Wildman–Crippen LogP) is 0.772. The van der Waals surface area contributed by atoms with Gasteiger partial charge >= 0.3 is 0 Å². The summed E-state index contributed by atoms with van der Waals surface area (Å²) in [4.78, 5) is 22.7. The highest BCUT2D eigenvalue weighted by Gasteiger charge is 2.13. The molecule has 4 N–H and O–H groups in total. The molecule has 1 amide bonds. The molecule has 5 nitrogen and oxygen atoms in total. The molecular formula is C10H7NO4S. The van der Waals surface area contributed by atoms with Crippen molar-refractivity contribution >= 4 is 27.3 Å². The average Bonchev–Trinajstić information content (AvgIpc) is 2.23. The number of hydrogen-bond donors (Lipinski definition) is 3. The highest BCUT2D eigenvalue weighted by Crippen LogP contribution is 2.34. The largest absolute Gasteiger partial charge is 0.504 e. The van der Waals surface area contributed by atoms with E-state index in [2.05, 4.69) is 0 Å². The van der Waals surface area contributed by atoms with Gasteiger partial charge < -0.3 is 15.9 Å². The summed E-state index contributed by atoms with van der Waals surface area (Å²) in [6.07, 6.45) is 0. The van der Waals surface area contributed by atoms with E-state index in [4.69, 9.17) is 5.73 Å². The zero-order valence-corrected chi connectivity index (χ0v) is 8.75. The minimum atomic E-state index is -0.810. The third-order valence-electron chi connectivity index (χ3n) is 2.16. The summed E-state index contributed by atoms with van der Waals surface area (Å²) < 4.78 is 0.231. The van der Waals surface area contributed by atoms with Crippen LogP contribution >= 0.6 is 11.3 Å². The lowest BCUT2D eigenvalue weighted by Gasteiger charge is -2.02. The number of carbonyl (C=O) groups is 1. The van der Waals surface area contributed by atoms with Gasteiger partial charge in [-0.25, -0.2) is 0 Å². The van der Waals surface area contributed by atoms with E-state index in [0.29, 0.717) is 0 Å². The average molecular weight is 237 g/mol. The Bertz CT molecular complexity index is 647. The molecule has 0 aliphatic rings. The van der Waals surface area contributed by atoms with Gasteiger partial charge in [-0.3, -0.25) is 9.59 Å². The molecule has 1 aromatic carbocycles. The van der Waals surface area contributed by atoms with Gasteiger partial charge in [-0.1, -0.05) is 0 Å². The number of phenols is 2. The molecule has 2 aromatic rings. The van der Waals surface area contributed by atoms with E-state index in [-0.39, 0.29) is 27.1 Å². The van der Waals surface area contributed by atoms with Crippen molar-refractivity contribution in [2.75, 3.05) is 0 Å². The van der Waals surface area contributed by atoms with Crippen molar-refractivity contribution in [3.05, 3.63) is 33.3 Å². The van der Waals surface area contributed by atoms with E-state index < -0.39 is 11.3 Å². The number of hydrogen-bond acceptors (Lipinski definition) is 5. The molecule has 1 heterocycles. The second kappa shape index (κ2) is 3.49. The Morgan fingerprint density at radius 1 is 1.31 bits per heavy atom. The normalized spacial score (nSPS) is 10.5. The Morgan fingerprint density at radius 2 is 2.00 bits per heavy atom. The van der Waals surface area contributed by atoms with E-state index >= 15 is 0 Å². The fourth-order valence-corrected chi connectivity index (χ4v) is 2.31. The minimum Gasteiger partial charge on any atom is -0.504 e. The maximum atomic E-state index is 11.7. The van der Waals surface area contributed by atoms with Gasteiger partial charge in [-0.15, -0.1) is 11.3 Å². The molecule has 0 radical (unpaired) electrons. The summed E-state index contributed by atoms with van der Waals surface area (Å²) >= 11 is 0.976. The molecule has 0 saturated carbocycles. The zero-order valence-electron chi connectivity index (χ0n) is 7.93. The molecule has 0 aliphatic carbocycles. The van der Waals surface area contributed by atoms with Crippen LogP contribution in [0, 0.1) is 0 Å². The first-order chi connectivity index (χ1) is 7.52. The monoisotopic (exact) mass is 237 g/mol. The van der Waals surface area contributed by atoms with Crippen LogP contribution in [-0.4, -0.2) is 16.1 Å². The van der Waals surface area contributed by atoms with E-state index in [1.54, 1.807) is 0 Å². The van der Waals surface area contributed by atoms with E-state index in [9.17, 15) is 19.8 Å². The van der Waals surface area contributed by atoms with Crippen LogP contribution in [-0.2, 0) is 0 Å². The zero-order chi connectivity index (χ0) is 11.9. The third kappa shape index (κ3) is 1.40. The van der Waals surface area contributed by atoms with Crippen molar-refractivity contribution in [3.63, 3.8) is 0 Å². The lowest BCUT2D eigenvalue weighted by atomic mass is 10.2. The lowest BCUT2D eigenvalue weighted by molar-refractivity contribution is 0.0999. The van der Waals surface area contributed by atoms with Crippen molar-refractivity contribution in [3.8, 4) is 11.5 Å². The van der Waals surface area contributed by atoms with Crippen LogP contribution < -0.4 is 11.2 Å². The first-order valence-corrected chi connectivity index (χ1v) is 5.16. The molecule has 0 atom stereocenters. The first kappa shape index (κ1) is 10.4. The Labute approximate surface area is 93.4 Å². The number of rotatable bonds is 1. The molecule has 2 rings (SSSR count). The van der Waals surface area contributed by atoms with Gasteiger partial charge in [0, 0.05) is 10.8 Å².